The van der Waals surface area contributed by atoms with Crippen molar-refractivity contribution in [2.45, 2.75) is 39.5 Å². The lowest BCUT2D eigenvalue weighted by Crippen LogP contribution is -2.49. The molecule has 8 nitrogen and oxygen atoms in total. The molecular formula is C17H27N5O3S. The molecule has 2 aromatic heterocycles. The monoisotopic (exact) mass is 381 g/mol. The van der Waals surface area contributed by atoms with E-state index in [1.807, 2.05) is 6.92 Å². The summed E-state index contributed by atoms with van der Waals surface area (Å²) in [6.07, 6.45) is 0. The maximum absolute atomic E-state index is 13.3. The lowest BCUT2D eigenvalue weighted by molar-refractivity contribution is 0.172. The van der Waals surface area contributed by atoms with Crippen LogP contribution in [0.15, 0.2) is 9.31 Å². The maximum Gasteiger partial charge on any atom is 0.250 e. The van der Waals surface area contributed by atoms with E-state index in [-0.39, 0.29) is 10.8 Å². The largest absolute Gasteiger partial charge is 0.421 e. The molecule has 1 N–H and O–H groups in total. The smallest absolute Gasteiger partial charge is 0.250 e. The first-order valence-corrected chi connectivity index (χ1v) is 10.4. The standard InChI is InChI=1S/C17H27N5O3S/c1-11(2)10-21-6-8-22(9-7-21)26(23,24)16-13(4)18-12(3)15(16)17-20-19-14(5)25-17/h11,18H,6-10H2,1-5H3. The number of aromatic amines is 1. The summed E-state index contributed by atoms with van der Waals surface area (Å²) in [5, 5.41) is 7.87. The Morgan fingerprint density at radius 2 is 1.73 bits per heavy atom. The van der Waals surface area contributed by atoms with Gasteiger partial charge in [0.2, 0.25) is 15.9 Å². The molecule has 1 aliphatic heterocycles. The number of piperazine rings is 1. The summed E-state index contributed by atoms with van der Waals surface area (Å²) in [5.74, 6) is 1.21. The molecule has 0 bridgehead atoms. The van der Waals surface area contributed by atoms with E-state index in [1.165, 1.54) is 0 Å². The number of H-pyrrole nitrogens is 1. The summed E-state index contributed by atoms with van der Waals surface area (Å²) in [6, 6.07) is 0. The van der Waals surface area contributed by atoms with Crippen molar-refractivity contribution >= 4 is 10.0 Å². The Bertz CT molecular complexity index is 876. The molecule has 9 heteroatoms. The van der Waals surface area contributed by atoms with Crippen LogP contribution in [0.4, 0.5) is 0 Å². The quantitative estimate of drug-likeness (QED) is 0.850. The first-order valence-electron chi connectivity index (χ1n) is 8.92. The van der Waals surface area contributed by atoms with Gasteiger partial charge in [0, 0.05) is 51.0 Å². The van der Waals surface area contributed by atoms with Crippen LogP contribution in [-0.4, -0.2) is 65.5 Å². The van der Waals surface area contributed by atoms with Gasteiger partial charge in [-0.25, -0.2) is 8.42 Å². The number of hydrogen-bond donors (Lipinski definition) is 1. The van der Waals surface area contributed by atoms with Gasteiger partial charge >= 0.3 is 0 Å². The van der Waals surface area contributed by atoms with E-state index >= 15 is 0 Å². The minimum absolute atomic E-state index is 0.237. The summed E-state index contributed by atoms with van der Waals surface area (Å²) in [4.78, 5) is 5.68. The highest BCUT2D eigenvalue weighted by Crippen LogP contribution is 2.34. The van der Waals surface area contributed by atoms with Gasteiger partial charge in [0.15, 0.2) is 0 Å². The van der Waals surface area contributed by atoms with Crippen LogP contribution in [-0.2, 0) is 10.0 Å². The number of nitrogens with one attached hydrogen (secondary N) is 1. The SMILES string of the molecule is Cc1nnc(-c2c(C)[nH]c(C)c2S(=O)(=O)N2CCN(CC(C)C)CC2)o1. The van der Waals surface area contributed by atoms with Gasteiger partial charge in [-0.15, -0.1) is 10.2 Å². The number of rotatable bonds is 5. The Labute approximate surface area is 154 Å². The van der Waals surface area contributed by atoms with Gasteiger partial charge in [-0.2, -0.15) is 4.31 Å². The van der Waals surface area contributed by atoms with Gasteiger partial charge in [-0.3, -0.25) is 0 Å². The predicted molar refractivity (Wildman–Crippen MR) is 98.3 cm³/mol. The molecule has 0 aliphatic carbocycles. The van der Waals surface area contributed by atoms with Crippen molar-refractivity contribution in [2.75, 3.05) is 32.7 Å². The third-order valence-electron chi connectivity index (χ3n) is 4.61. The molecule has 2 aromatic rings. The second-order valence-electron chi connectivity index (χ2n) is 7.30. The normalized spacial score (nSPS) is 17.3. The summed E-state index contributed by atoms with van der Waals surface area (Å²) in [6.45, 7) is 13.1. The fourth-order valence-electron chi connectivity index (χ4n) is 3.53. The van der Waals surface area contributed by atoms with E-state index in [0.29, 0.717) is 41.8 Å². The van der Waals surface area contributed by atoms with Gasteiger partial charge in [0.25, 0.3) is 5.89 Å². The number of aromatic nitrogens is 3. The minimum Gasteiger partial charge on any atom is -0.421 e. The van der Waals surface area contributed by atoms with E-state index in [4.69, 9.17) is 4.42 Å². The van der Waals surface area contributed by atoms with E-state index in [9.17, 15) is 8.42 Å². The zero-order valence-electron chi connectivity index (χ0n) is 16.0. The molecule has 3 rings (SSSR count). The van der Waals surface area contributed by atoms with Crippen LogP contribution in [0, 0.1) is 26.7 Å². The molecule has 0 unspecified atom stereocenters. The van der Waals surface area contributed by atoms with E-state index in [2.05, 4.69) is 33.9 Å². The van der Waals surface area contributed by atoms with Crippen LogP contribution >= 0.6 is 0 Å². The Kier molecular flexibility index (Phi) is 5.23. The van der Waals surface area contributed by atoms with Crippen molar-refractivity contribution in [3.8, 4) is 11.5 Å². The lowest BCUT2D eigenvalue weighted by atomic mass is 10.2. The zero-order chi connectivity index (χ0) is 19.1. The van der Waals surface area contributed by atoms with Gasteiger partial charge < -0.3 is 14.3 Å². The van der Waals surface area contributed by atoms with E-state index < -0.39 is 10.0 Å². The third-order valence-corrected chi connectivity index (χ3v) is 6.68. The van der Waals surface area contributed by atoms with Crippen molar-refractivity contribution in [2.24, 2.45) is 5.92 Å². The van der Waals surface area contributed by atoms with Crippen LogP contribution in [0.3, 0.4) is 0 Å². The lowest BCUT2D eigenvalue weighted by Gasteiger charge is -2.34. The predicted octanol–water partition coefficient (Wildman–Crippen LogP) is 1.95. The topological polar surface area (TPSA) is 95.3 Å². The molecule has 1 fully saturated rings. The molecule has 0 atom stereocenters. The molecule has 0 saturated carbocycles. The Hall–Kier alpha value is -1.71. The molecule has 0 radical (unpaired) electrons. The van der Waals surface area contributed by atoms with Gasteiger partial charge in [0.1, 0.15) is 4.90 Å². The number of nitrogens with zero attached hydrogens (tertiary/aromatic N) is 4. The summed E-state index contributed by atoms with van der Waals surface area (Å²) in [5.41, 5.74) is 1.79. The molecular weight excluding hydrogens is 354 g/mol. The van der Waals surface area contributed by atoms with Crippen molar-refractivity contribution in [3.63, 3.8) is 0 Å². The molecule has 0 amide bonds. The van der Waals surface area contributed by atoms with Crippen LogP contribution in [0.1, 0.15) is 31.1 Å². The Morgan fingerprint density at radius 3 is 2.27 bits per heavy atom. The van der Waals surface area contributed by atoms with Gasteiger partial charge in [-0.05, 0) is 19.8 Å². The van der Waals surface area contributed by atoms with Gasteiger partial charge in [-0.1, -0.05) is 13.8 Å². The van der Waals surface area contributed by atoms with Crippen molar-refractivity contribution in [1.82, 2.24) is 24.4 Å². The molecule has 0 spiro atoms. The minimum atomic E-state index is -3.65. The highest BCUT2D eigenvalue weighted by atomic mass is 32.2. The first kappa shape index (κ1) is 19.1. The van der Waals surface area contributed by atoms with Crippen LogP contribution in [0.5, 0.6) is 0 Å². The number of sulfonamides is 1. The number of hydrogen-bond acceptors (Lipinski definition) is 6. The Morgan fingerprint density at radius 1 is 1.08 bits per heavy atom. The Balaban J connectivity index is 1.91. The molecule has 3 heterocycles. The van der Waals surface area contributed by atoms with E-state index in [0.717, 1.165) is 19.6 Å². The molecule has 144 valence electrons. The second kappa shape index (κ2) is 7.13. The average Bonchev–Trinajstić information content (AvgIpc) is 3.10. The summed E-state index contributed by atoms with van der Waals surface area (Å²) in [7, 11) is -3.65. The summed E-state index contributed by atoms with van der Waals surface area (Å²) < 4.78 is 33.8. The molecule has 0 aromatic carbocycles. The maximum atomic E-state index is 13.3. The molecule has 1 saturated heterocycles. The average molecular weight is 382 g/mol. The van der Waals surface area contributed by atoms with E-state index in [1.54, 1.807) is 18.2 Å². The van der Waals surface area contributed by atoms with Gasteiger partial charge in [0.05, 0.1) is 5.56 Å². The third kappa shape index (κ3) is 3.56. The highest BCUT2D eigenvalue weighted by molar-refractivity contribution is 7.89. The van der Waals surface area contributed by atoms with Crippen LogP contribution in [0.25, 0.3) is 11.5 Å². The zero-order valence-corrected chi connectivity index (χ0v) is 16.9. The highest BCUT2D eigenvalue weighted by Gasteiger charge is 2.35. The van der Waals surface area contributed by atoms with Crippen molar-refractivity contribution in [3.05, 3.63) is 17.3 Å². The van der Waals surface area contributed by atoms with Crippen molar-refractivity contribution in [1.29, 1.82) is 0 Å². The fraction of sp³-hybridized carbons (Fsp3) is 0.647. The van der Waals surface area contributed by atoms with Crippen LogP contribution < -0.4 is 0 Å². The van der Waals surface area contributed by atoms with Crippen molar-refractivity contribution < 1.29 is 12.8 Å². The van der Waals surface area contributed by atoms with Crippen LogP contribution in [0.2, 0.25) is 0 Å². The molecule has 1 aliphatic rings. The second-order valence-corrected chi connectivity index (χ2v) is 9.18. The summed E-state index contributed by atoms with van der Waals surface area (Å²) >= 11 is 0. The fourth-order valence-corrected chi connectivity index (χ4v) is 5.37. The molecule has 26 heavy (non-hydrogen) atoms. The number of aryl methyl sites for hydroxylation is 3. The first-order chi connectivity index (χ1) is 12.2.